The molecule has 1 fully saturated rings. The molecule has 1 saturated heterocycles. The molecule has 0 aromatic heterocycles. The predicted molar refractivity (Wildman–Crippen MR) is 58.3 cm³/mol. The topological polar surface area (TPSA) is 23.6 Å². The highest BCUT2D eigenvalue weighted by molar-refractivity contribution is 5.75. The minimum absolute atomic E-state index is 0.215. The smallest absolute Gasteiger partial charge is 0.320 e. The fraction of sp³-hybridized carbons (Fsp3) is 0.909. The summed E-state index contributed by atoms with van der Waals surface area (Å²) in [7, 11) is 0. The Morgan fingerprint density at radius 3 is 2.29 bits per heavy atom. The summed E-state index contributed by atoms with van der Waals surface area (Å²) in [5.74, 6) is 0.657. The Bertz CT molecular complexity index is 201. The molecule has 0 aromatic carbocycles. The van der Waals surface area contributed by atoms with E-state index in [4.69, 9.17) is 0 Å². The Balaban J connectivity index is 2.60. The van der Waals surface area contributed by atoms with E-state index in [1.54, 1.807) is 0 Å². The molecule has 1 heterocycles. The number of hydrogen-bond donors (Lipinski definition) is 0. The van der Waals surface area contributed by atoms with Gasteiger partial charge in [0.25, 0.3) is 0 Å². The van der Waals surface area contributed by atoms with Gasteiger partial charge in [0.05, 0.1) is 0 Å². The van der Waals surface area contributed by atoms with Crippen molar-refractivity contribution >= 4 is 6.03 Å². The lowest BCUT2D eigenvalue weighted by Gasteiger charge is -2.28. The van der Waals surface area contributed by atoms with Gasteiger partial charge < -0.3 is 9.80 Å². The molecular weight excluding hydrogens is 176 g/mol. The molecule has 0 N–H and O–H groups in total. The molecule has 1 aliphatic rings. The van der Waals surface area contributed by atoms with E-state index in [9.17, 15) is 4.79 Å². The fourth-order valence-corrected chi connectivity index (χ4v) is 2.24. The number of likely N-dealkylation sites (tertiary alicyclic amines) is 1. The molecule has 2 atom stereocenters. The molecule has 0 aromatic rings. The van der Waals surface area contributed by atoms with Gasteiger partial charge in [-0.2, -0.15) is 0 Å². The quantitative estimate of drug-likeness (QED) is 0.667. The molecule has 0 bridgehead atoms. The van der Waals surface area contributed by atoms with E-state index in [1.807, 2.05) is 23.6 Å². The number of carbonyl (C=O) groups excluding carboxylic acids is 1. The molecule has 3 heteroatoms. The first-order chi connectivity index (χ1) is 6.60. The predicted octanol–water partition coefficient (Wildman–Crippen LogP) is 2.18. The second-order valence-corrected chi connectivity index (χ2v) is 4.30. The molecule has 0 spiro atoms. The van der Waals surface area contributed by atoms with Crippen molar-refractivity contribution in [1.29, 1.82) is 0 Å². The van der Waals surface area contributed by atoms with Gasteiger partial charge in [0.15, 0.2) is 0 Å². The van der Waals surface area contributed by atoms with Crippen LogP contribution in [0.15, 0.2) is 0 Å². The second-order valence-electron chi connectivity index (χ2n) is 4.30. The Labute approximate surface area is 87.1 Å². The lowest BCUT2D eigenvalue weighted by Crippen LogP contribution is -2.44. The third kappa shape index (κ3) is 2.20. The van der Waals surface area contributed by atoms with Crippen LogP contribution >= 0.6 is 0 Å². The first kappa shape index (κ1) is 11.3. The van der Waals surface area contributed by atoms with E-state index in [-0.39, 0.29) is 6.03 Å². The number of amides is 2. The standard InChI is InChI=1S/C11H22N2O/c1-5-12(6-2)11(14)13-8-9(3)7-10(13)4/h9-10H,5-8H2,1-4H3. The van der Waals surface area contributed by atoms with E-state index < -0.39 is 0 Å². The molecule has 0 saturated carbocycles. The molecule has 0 aliphatic carbocycles. The van der Waals surface area contributed by atoms with Gasteiger partial charge >= 0.3 is 6.03 Å². The van der Waals surface area contributed by atoms with E-state index in [2.05, 4.69) is 13.8 Å². The van der Waals surface area contributed by atoms with Crippen LogP contribution in [0.5, 0.6) is 0 Å². The van der Waals surface area contributed by atoms with E-state index in [0.29, 0.717) is 12.0 Å². The van der Waals surface area contributed by atoms with Crippen LogP contribution in [0.25, 0.3) is 0 Å². The summed E-state index contributed by atoms with van der Waals surface area (Å²) in [4.78, 5) is 15.9. The first-order valence-electron chi connectivity index (χ1n) is 5.65. The van der Waals surface area contributed by atoms with E-state index in [0.717, 1.165) is 26.1 Å². The van der Waals surface area contributed by atoms with Crippen molar-refractivity contribution in [3.05, 3.63) is 0 Å². The van der Waals surface area contributed by atoms with Gasteiger partial charge in [0.1, 0.15) is 0 Å². The van der Waals surface area contributed by atoms with Gasteiger partial charge in [-0.05, 0) is 33.1 Å². The number of carbonyl (C=O) groups is 1. The minimum atomic E-state index is 0.215. The lowest BCUT2D eigenvalue weighted by atomic mass is 10.1. The van der Waals surface area contributed by atoms with Gasteiger partial charge in [-0.3, -0.25) is 0 Å². The molecule has 14 heavy (non-hydrogen) atoms. The number of hydrogen-bond acceptors (Lipinski definition) is 1. The van der Waals surface area contributed by atoms with Crippen LogP contribution in [0.3, 0.4) is 0 Å². The summed E-state index contributed by atoms with van der Waals surface area (Å²) in [5, 5.41) is 0. The van der Waals surface area contributed by atoms with Crippen LogP contribution < -0.4 is 0 Å². The summed E-state index contributed by atoms with van der Waals surface area (Å²) < 4.78 is 0. The Hall–Kier alpha value is -0.730. The molecular formula is C11H22N2O. The fourth-order valence-electron chi connectivity index (χ4n) is 2.24. The maximum Gasteiger partial charge on any atom is 0.320 e. The van der Waals surface area contributed by atoms with Gasteiger partial charge in [-0.1, -0.05) is 6.92 Å². The number of nitrogens with zero attached hydrogens (tertiary/aromatic N) is 2. The van der Waals surface area contributed by atoms with Crippen LogP contribution in [0.2, 0.25) is 0 Å². The van der Waals surface area contributed by atoms with Crippen molar-refractivity contribution < 1.29 is 4.79 Å². The minimum Gasteiger partial charge on any atom is -0.325 e. The largest absolute Gasteiger partial charge is 0.325 e. The van der Waals surface area contributed by atoms with Crippen molar-refractivity contribution in [2.75, 3.05) is 19.6 Å². The summed E-state index contributed by atoms with van der Waals surface area (Å²) in [6.45, 7) is 11.0. The normalized spacial score (nSPS) is 26.7. The molecule has 3 nitrogen and oxygen atoms in total. The molecule has 82 valence electrons. The van der Waals surface area contributed by atoms with Crippen LogP contribution in [-0.4, -0.2) is 41.5 Å². The van der Waals surface area contributed by atoms with Crippen molar-refractivity contribution in [2.45, 2.75) is 40.2 Å². The van der Waals surface area contributed by atoms with Crippen molar-refractivity contribution in [3.8, 4) is 0 Å². The third-order valence-corrected chi connectivity index (χ3v) is 3.06. The molecule has 1 aliphatic heterocycles. The summed E-state index contributed by atoms with van der Waals surface area (Å²) in [6.07, 6.45) is 1.15. The highest BCUT2D eigenvalue weighted by atomic mass is 16.2. The molecule has 2 unspecified atom stereocenters. The number of rotatable bonds is 2. The van der Waals surface area contributed by atoms with Gasteiger partial charge in [-0.15, -0.1) is 0 Å². The summed E-state index contributed by atoms with van der Waals surface area (Å²) in [6, 6.07) is 0.630. The highest BCUT2D eigenvalue weighted by Gasteiger charge is 2.31. The monoisotopic (exact) mass is 198 g/mol. The van der Waals surface area contributed by atoms with Crippen molar-refractivity contribution in [3.63, 3.8) is 0 Å². The average Bonchev–Trinajstić information content (AvgIpc) is 2.47. The van der Waals surface area contributed by atoms with Crippen LogP contribution in [0.1, 0.15) is 34.1 Å². The van der Waals surface area contributed by atoms with E-state index >= 15 is 0 Å². The van der Waals surface area contributed by atoms with Crippen molar-refractivity contribution in [1.82, 2.24) is 9.80 Å². The second kappa shape index (κ2) is 4.67. The highest BCUT2D eigenvalue weighted by Crippen LogP contribution is 2.23. The first-order valence-corrected chi connectivity index (χ1v) is 5.65. The Morgan fingerprint density at radius 1 is 1.36 bits per heavy atom. The average molecular weight is 198 g/mol. The maximum absolute atomic E-state index is 12.0. The van der Waals surface area contributed by atoms with Gasteiger partial charge in [-0.25, -0.2) is 4.79 Å². The maximum atomic E-state index is 12.0. The summed E-state index contributed by atoms with van der Waals surface area (Å²) >= 11 is 0. The van der Waals surface area contributed by atoms with E-state index in [1.165, 1.54) is 0 Å². The molecule has 0 radical (unpaired) electrons. The third-order valence-electron chi connectivity index (χ3n) is 3.06. The Morgan fingerprint density at radius 2 is 1.93 bits per heavy atom. The van der Waals surface area contributed by atoms with Gasteiger partial charge in [0.2, 0.25) is 0 Å². The van der Waals surface area contributed by atoms with Crippen LogP contribution in [0.4, 0.5) is 4.79 Å². The van der Waals surface area contributed by atoms with Crippen LogP contribution in [-0.2, 0) is 0 Å². The zero-order valence-electron chi connectivity index (χ0n) is 9.79. The zero-order chi connectivity index (χ0) is 10.7. The number of urea groups is 1. The molecule has 1 rings (SSSR count). The Kier molecular flexibility index (Phi) is 3.78. The molecule has 2 amide bonds. The SMILES string of the molecule is CCN(CC)C(=O)N1CC(C)CC1C. The summed E-state index contributed by atoms with van der Waals surface area (Å²) in [5.41, 5.74) is 0. The zero-order valence-corrected chi connectivity index (χ0v) is 9.79. The lowest BCUT2D eigenvalue weighted by molar-refractivity contribution is 0.154. The van der Waals surface area contributed by atoms with Gasteiger partial charge in [0, 0.05) is 25.7 Å². The van der Waals surface area contributed by atoms with Crippen molar-refractivity contribution in [2.24, 2.45) is 5.92 Å². The van der Waals surface area contributed by atoms with Crippen LogP contribution in [0, 0.1) is 5.92 Å².